The largest absolute Gasteiger partial charge is 0.485 e. The third kappa shape index (κ3) is 4.98. The summed E-state index contributed by atoms with van der Waals surface area (Å²) in [4.78, 5) is 25.2. The fourth-order valence-corrected chi connectivity index (χ4v) is 4.04. The molecule has 168 valence electrons. The Morgan fingerprint density at radius 2 is 1.61 bits per heavy atom. The molecule has 4 rings (SSSR count). The second-order valence-electron chi connectivity index (χ2n) is 7.82. The Hall–Kier alpha value is -3.86. The van der Waals surface area contributed by atoms with E-state index in [1.807, 2.05) is 61.5 Å². The van der Waals surface area contributed by atoms with Crippen LogP contribution in [0.3, 0.4) is 0 Å². The second-order valence-corrected chi connectivity index (χ2v) is 7.82. The van der Waals surface area contributed by atoms with Crippen molar-refractivity contribution in [3.63, 3.8) is 0 Å². The Bertz CT molecular complexity index is 1260. The van der Waals surface area contributed by atoms with Gasteiger partial charge >= 0.3 is 5.97 Å². The SMILES string of the molecule is CCOC(=O)c1c(C)n(CCc2ccccc2)c2ccc(OCC(=O)c3ccccc3)cc12. The first-order valence-corrected chi connectivity index (χ1v) is 11.1. The molecule has 0 unspecified atom stereocenters. The Labute approximate surface area is 193 Å². The second kappa shape index (κ2) is 10.2. The number of aromatic nitrogens is 1. The molecule has 0 spiro atoms. The monoisotopic (exact) mass is 441 g/mol. The lowest BCUT2D eigenvalue weighted by Crippen LogP contribution is -2.11. The van der Waals surface area contributed by atoms with Crippen molar-refractivity contribution in [2.75, 3.05) is 13.2 Å². The van der Waals surface area contributed by atoms with E-state index in [1.165, 1.54) is 5.56 Å². The standard InChI is InChI=1S/C28H27NO4/c1-3-32-28(31)27-20(2)29(17-16-21-10-6-4-7-11-21)25-15-14-23(18-24(25)27)33-19-26(30)22-12-8-5-9-13-22/h4-15,18H,3,16-17,19H2,1-2H3. The molecule has 0 radical (unpaired) electrons. The molecule has 0 fully saturated rings. The molecule has 0 saturated carbocycles. The van der Waals surface area contributed by atoms with Gasteiger partial charge in [-0.25, -0.2) is 4.79 Å². The first-order valence-electron chi connectivity index (χ1n) is 11.1. The minimum Gasteiger partial charge on any atom is -0.485 e. The summed E-state index contributed by atoms with van der Waals surface area (Å²) in [6.07, 6.45) is 0.845. The van der Waals surface area contributed by atoms with Gasteiger partial charge in [-0.3, -0.25) is 4.79 Å². The van der Waals surface area contributed by atoms with Gasteiger partial charge in [0, 0.05) is 28.7 Å². The van der Waals surface area contributed by atoms with Crippen LogP contribution in [-0.4, -0.2) is 29.5 Å². The zero-order chi connectivity index (χ0) is 23.2. The van der Waals surface area contributed by atoms with Crippen LogP contribution in [0.4, 0.5) is 0 Å². The number of carbonyl (C=O) groups excluding carboxylic acids is 2. The number of rotatable bonds is 9. The Balaban J connectivity index is 1.63. The summed E-state index contributed by atoms with van der Waals surface area (Å²) in [5, 5.41) is 0.767. The van der Waals surface area contributed by atoms with Crippen molar-refractivity contribution in [1.82, 2.24) is 4.57 Å². The number of Topliss-reactive ketones (excluding diaryl/α,β-unsaturated/α-hetero) is 1. The van der Waals surface area contributed by atoms with Crippen molar-refractivity contribution in [3.8, 4) is 5.75 Å². The zero-order valence-corrected chi connectivity index (χ0v) is 18.9. The molecule has 0 aliphatic carbocycles. The molecule has 1 aromatic heterocycles. The number of fused-ring (bicyclic) bond motifs is 1. The highest BCUT2D eigenvalue weighted by Crippen LogP contribution is 2.30. The van der Waals surface area contributed by atoms with E-state index >= 15 is 0 Å². The number of carbonyl (C=O) groups is 2. The number of hydrogen-bond donors (Lipinski definition) is 0. The van der Waals surface area contributed by atoms with Crippen LogP contribution in [0, 0.1) is 6.92 Å². The average molecular weight is 442 g/mol. The molecular weight excluding hydrogens is 414 g/mol. The van der Waals surface area contributed by atoms with Gasteiger partial charge in [-0.1, -0.05) is 60.7 Å². The summed E-state index contributed by atoms with van der Waals surface area (Å²) in [7, 11) is 0. The summed E-state index contributed by atoms with van der Waals surface area (Å²) in [6.45, 7) is 4.70. The molecule has 1 heterocycles. The number of ether oxygens (including phenoxy) is 2. The van der Waals surface area contributed by atoms with E-state index in [1.54, 1.807) is 19.1 Å². The third-order valence-corrected chi connectivity index (χ3v) is 5.71. The van der Waals surface area contributed by atoms with E-state index < -0.39 is 0 Å². The zero-order valence-electron chi connectivity index (χ0n) is 18.9. The minimum absolute atomic E-state index is 0.0715. The van der Waals surface area contributed by atoms with Crippen molar-refractivity contribution in [1.29, 1.82) is 0 Å². The highest BCUT2D eigenvalue weighted by Gasteiger charge is 2.21. The van der Waals surface area contributed by atoms with Crippen molar-refractivity contribution in [2.45, 2.75) is 26.8 Å². The Morgan fingerprint density at radius 3 is 2.30 bits per heavy atom. The molecule has 33 heavy (non-hydrogen) atoms. The molecule has 0 amide bonds. The normalized spacial score (nSPS) is 10.8. The molecule has 5 nitrogen and oxygen atoms in total. The summed E-state index contributed by atoms with van der Waals surface area (Å²) in [5.74, 6) is 0.0893. The average Bonchev–Trinajstić information content (AvgIpc) is 3.12. The Morgan fingerprint density at radius 1 is 0.909 bits per heavy atom. The number of benzene rings is 3. The maximum atomic E-state index is 12.8. The van der Waals surface area contributed by atoms with Crippen LogP contribution >= 0.6 is 0 Å². The predicted molar refractivity (Wildman–Crippen MR) is 129 cm³/mol. The van der Waals surface area contributed by atoms with Gasteiger partial charge in [0.2, 0.25) is 0 Å². The summed E-state index contributed by atoms with van der Waals surface area (Å²) in [5.41, 5.74) is 4.18. The van der Waals surface area contributed by atoms with E-state index in [0.29, 0.717) is 23.5 Å². The molecule has 0 N–H and O–H groups in total. The van der Waals surface area contributed by atoms with E-state index in [4.69, 9.17) is 9.47 Å². The van der Waals surface area contributed by atoms with Gasteiger partial charge < -0.3 is 14.0 Å². The lowest BCUT2D eigenvalue weighted by Gasteiger charge is -2.09. The summed E-state index contributed by atoms with van der Waals surface area (Å²) in [6, 6.07) is 24.9. The smallest absolute Gasteiger partial charge is 0.340 e. The predicted octanol–water partition coefficient (Wildman–Crippen LogP) is 5.63. The van der Waals surface area contributed by atoms with Crippen LogP contribution in [0.1, 0.15) is 38.9 Å². The van der Waals surface area contributed by atoms with E-state index in [-0.39, 0.29) is 18.4 Å². The highest BCUT2D eigenvalue weighted by molar-refractivity contribution is 6.06. The van der Waals surface area contributed by atoms with E-state index in [9.17, 15) is 9.59 Å². The van der Waals surface area contributed by atoms with Crippen molar-refractivity contribution in [3.05, 3.63) is 101 Å². The number of aryl methyl sites for hydroxylation is 2. The number of hydrogen-bond acceptors (Lipinski definition) is 4. The van der Waals surface area contributed by atoms with Crippen LogP contribution in [-0.2, 0) is 17.7 Å². The van der Waals surface area contributed by atoms with Gasteiger partial charge in [0.05, 0.1) is 12.2 Å². The van der Waals surface area contributed by atoms with Gasteiger partial charge in [0.1, 0.15) is 5.75 Å². The van der Waals surface area contributed by atoms with Crippen molar-refractivity contribution >= 4 is 22.7 Å². The molecule has 4 aromatic rings. The fourth-order valence-electron chi connectivity index (χ4n) is 4.04. The topological polar surface area (TPSA) is 57.5 Å². The Kier molecular flexibility index (Phi) is 6.89. The van der Waals surface area contributed by atoms with Gasteiger partial charge in [-0.2, -0.15) is 0 Å². The van der Waals surface area contributed by atoms with Gasteiger partial charge in [-0.15, -0.1) is 0 Å². The van der Waals surface area contributed by atoms with Crippen LogP contribution in [0.15, 0.2) is 78.9 Å². The van der Waals surface area contributed by atoms with E-state index in [0.717, 1.165) is 29.6 Å². The van der Waals surface area contributed by atoms with Crippen molar-refractivity contribution < 1.29 is 19.1 Å². The van der Waals surface area contributed by atoms with Crippen LogP contribution in [0.5, 0.6) is 5.75 Å². The quantitative estimate of drug-likeness (QED) is 0.249. The molecule has 0 aliphatic rings. The van der Waals surface area contributed by atoms with E-state index in [2.05, 4.69) is 16.7 Å². The molecule has 0 saturated heterocycles. The molecular formula is C28H27NO4. The number of ketones is 1. The maximum Gasteiger partial charge on any atom is 0.340 e. The highest BCUT2D eigenvalue weighted by atomic mass is 16.5. The van der Waals surface area contributed by atoms with Gasteiger partial charge in [-0.05, 0) is 44.0 Å². The molecule has 0 bridgehead atoms. The number of esters is 1. The summed E-state index contributed by atoms with van der Waals surface area (Å²) >= 11 is 0. The molecule has 0 atom stereocenters. The minimum atomic E-state index is -0.351. The van der Waals surface area contributed by atoms with Crippen LogP contribution in [0.2, 0.25) is 0 Å². The molecule has 3 aromatic carbocycles. The van der Waals surface area contributed by atoms with Crippen LogP contribution in [0.25, 0.3) is 10.9 Å². The molecule has 5 heteroatoms. The lowest BCUT2D eigenvalue weighted by atomic mass is 10.1. The third-order valence-electron chi connectivity index (χ3n) is 5.71. The van der Waals surface area contributed by atoms with Crippen LogP contribution < -0.4 is 4.74 Å². The van der Waals surface area contributed by atoms with Gasteiger partial charge in [0.25, 0.3) is 0 Å². The molecule has 0 aliphatic heterocycles. The number of nitrogens with zero attached hydrogens (tertiary/aromatic N) is 1. The summed E-state index contributed by atoms with van der Waals surface area (Å²) < 4.78 is 13.3. The maximum absolute atomic E-state index is 12.8. The van der Waals surface area contributed by atoms with Crippen molar-refractivity contribution in [2.24, 2.45) is 0 Å². The van der Waals surface area contributed by atoms with Gasteiger partial charge in [0.15, 0.2) is 12.4 Å². The first-order chi connectivity index (χ1) is 16.1. The fraction of sp³-hybridized carbons (Fsp3) is 0.214. The lowest BCUT2D eigenvalue weighted by molar-refractivity contribution is 0.0527. The first kappa shape index (κ1) is 22.3.